The fraction of sp³-hybridized carbons (Fsp3) is 0.480. The quantitative estimate of drug-likeness (QED) is 0.215. The molecule has 354 valence electrons. The SMILES string of the molecule is COC[C@@H]1CN(c2ccc3nc4n(c3c2)C[C@@H]2CC[C@H](COc3c(cnn3C)-c3cc(cc(C)n3)C(=O)N4)C2)CCN1CC1CCN(c2ccc3c(c2)C(=O)N(C2CCC(=O)NC2=O)C3=O)CC1. The number of imidazole rings is 1. The number of aryl methyl sites for hydroxylation is 2. The van der Waals surface area contributed by atoms with E-state index in [2.05, 4.69) is 53.2 Å². The van der Waals surface area contributed by atoms with Crippen LogP contribution in [0.4, 0.5) is 17.3 Å². The summed E-state index contributed by atoms with van der Waals surface area (Å²) >= 11 is 0. The molecule has 4 fully saturated rings. The van der Waals surface area contributed by atoms with Crippen LogP contribution in [0.15, 0.2) is 54.7 Å². The predicted molar refractivity (Wildman–Crippen MR) is 253 cm³/mol. The minimum Gasteiger partial charge on any atom is -0.477 e. The van der Waals surface area contributed by atoms with Crippen LogP contribution in [-0.4, -0.2) is 135 Å². The van der Waals surface area contributed by atoms with Crippen molar-refractivity contribution in [1.29, 1.82) is 0 Å². The average molecular weight is 924 g/mol. The number of ether oxygens (including phenoxy) is 2. The number of nitrogens with one attached hydrogen (secondary N) is 2. The Bertz CT molecular complexity index is 2850. The van der Waals surface area contributed by atoms with Crippen molar-refractivity contribution in [2.24, 2.45) is 24.8 Å². The Morgan fingerprint density at radius 3 is 2.41 bits per heavy atom. The number of nitrogens with zero attached hydrogens (tertiary/aromatic N) is 9. The molecule has 3 aromatic heterocycles. The normalized spacial score (nSPS) is 23.8. The molecule has 3 saturated heterocycles. The zero-order valence-corrected chi connectivity index (χ0v) is 38.8. The summed E-state index contributed by atoms with van der Waals surface area (Å²) in [7, 11) is 3.64. The smallest absolute Gasteiger partial charge is 0.262 e. The van der Waals surface area contributed by atoms with Gasteiger partial charge in [-0.25, -0.2) is 9.67 Å². The fourth-order valence-electron chi connectivity index (χ4n) is 11.5. The van der Waals surface area contributed by atoms with Gasteiger partial charge in [0, 0.05) is 89.0 Å². The molecule has 4 atom stereocenters. The molecule has 4 bridgehead atoms. The second-order valence-corrected chi connectivity index (χ2v) is 19.6. The molecule has 8 heterocycles. The molecule has 5 amide bonds. The Labute approximate surface area is 393 Å². The van der Waals surface area contributed by atoms with Crippen LogP contribution in [0, 0.1) is 24.7 Å². The highest BCUT2D eigenvalue weighted by Crippen LogP contribution is 2.38. The highest BCUT2D eigenvalue weighted by molar-refractivity contribution is 6.23. The highest BCUT2D eigenvalue weighted by atomic mass is 16.5. The number of fused-ring (bicyclic) bond motifs is 10. The molecule has 2 aromatic carbocycles. The summed E-state index contributed by atoms with van der Waals surface area (Å²) in [5.74, 6) is 0.232. The lowest BCUT2D eigenvalue weighted by molar-refractivity contribution is -0.136. The number of benzene rings is 2. The number of piperidine rings is 2. The maximum Gasteiger partial charge on any atom is 0.262 e. The van der Waals surface area contributed by atoms with Crippen molar-refractivity contribution in [3.05, 3.63) is 77.1 Å². The van der Waals surface area contributed by atoms with Gasteiger partial charge in [0.1, 0.15) is 6.04 Å². The van der Waals surface area contributed by atoms with Crippen molar-refractivity contribution in [3.8, 4) is 17.1 Å². The van der Waals surface area contributed by atoms with E-state index in [0.29, 0.717) is 65.2 Å². The number of methoxy groups -OCH3 is 1. The highest BCUT2D eigenvalue weighted by Gasteiger charge is 2.45. The van der Waals surface area contributed by atoms with Crippen LogP contribution in [0.25, 0.3) is 22.3 Å². The zero-order chi connectivity index (χ0) is 46.8. The number of pyridine rings is 1. The number of imide groups is 2. The number of carbonyl (C=O) groups excluding carboxylic acids is 5. The number of aromatic nitrogens is 5. The largest absolute Gasteiger partial charge is 0.477 e. The minimum absolute atomic E-state index is 0.0853. The Morgan fingerprint density at radius 1 is 0.794 bits per heavy atom. The molecule has 1 unspecified atom stereocenters. The number of rotatable bonds is 7. The van der Waals surface area contributed by atoms with E-state index in [1.165, 1.54) is 0 Å². The van der Waals surface area contributed by atoms with Crippen LogP contribution in [0.1, 0.15) is 81.7 Å². The van der Waals surface area contributed by atoms with E-state index in [9.17, 15) is 24.0 Å². The molecular formula is C50H57N11O7. The lowest BCUT2D eigenvalue weighted by Crippen LogP contribution is -2.56. The van der Waals surface area contributed by atoms with Gasteiger partial charge in [-0.2, -0.15) is 5.10 Å². The molecule has 11 rings (SSSR count). The van der Waals surface area contributed by atoms with E-state index in [1.807, 2.05) is 20.0 Å². The maximum atomic E-state index is 14.1. The number of piperazine rings is 1. The van der Waals surface area contributed by atoms with Gasteiger partial charge in [-0.05, 0) is 112 Å². The van der Waals surface area contributed by atoms with E-state index in [1.54, 1.807) is 42.3 Å². The third kappa shape index (κ3) is 8.16. The van der Waals surface area contributed by atoms with Crippen molar-refractivity contribution in [2.75, 3.05) is 74.7 Å². The first-order chi connectivity index (χ1) is 33.0. The van der Waals surface area contributed by atoms with Gasteiger partial charge in [-0.1, -0.05) is 0 Å². The van der Waals surface area contributed by atoms with E-state index in [-0.39, 0.29) is 24.8 Å². The Kier molecular flexibility index (Phi) is 11.5. The maximum absolute atomic E-state index is 14.1. The van der Waals surface area contributed by atoms with Crippen molar-refractivity contribution in [1.82, 2.24) is 39.4 Å². The summed E-state index contributed by atoms with van der Waals surface area (Å²) in [5, 5.41) is 9.93. The van der Waals surface area contributed by atoms with Gasteiger partial charge in [0.2, 0.25) is 23.6 Å². The van der Waals surface area contributed by atoms with Crippen LogP contribution in [0.5, 0.6) is 5.88 Å². The van der Waals surface area contributed by atoms with Crippen molar-refractivity contribution in [2.45, 2.75) is 70.5 Å². The number of carbonyl (C=O) groups is 5. The van der Waals surface area contributed by atoms with Gasteiger partial charge < -0.3 is 23.8 Å². The number of anilines is 3. The number of amides is 5. The molecule has 2 N–H and O–H groups in total. The Hall–Kier alpha value is -6.66. The molecule has 5 aliphatic heterocycles. The van der Waals surface area contributed by atoms with Gasteiger partial charge in [-0.15, -0.1) is 0 Å². The second-order valence-electron chi connectivity index (χ2n) is 19.6. The fourth-order valence-corrected chi connectivity index (χ4v) is 11.5. The van der Waals surface area contributed by atoms with E-state index >= 15 is 0 Å². The van der Waals surface area contributed by atoms with Crippen LogP contribution >= 0.6 is 0 Å². The van der Waals surface area contributed by atoms with E-state index < -0.39 is 29.7 Å². The molecule has 0 spiro atoms. The van der Waals surface area contributed by atoms with Gasteiger partial charge in [0.05, 0.1) is 58.9 Å². The first-order valence-corrected chi connectivity index (χ1v) is 24.0. The van der Waals surface area contributed by atoms with Crippen LogP contribution in [0.3, 0.4) is 0 Å². The third-order valence-electron chi connectivity index (χ3n) is 15.1. The monoisotopic (exact) mass is 923 g/mol. The summed E-state index contributed by atoms with van der Waals surface area (Å²) < 4.78 is 16.2. The summed E-state index contributed by atoms with van der Waals surface area (Å²) in [5.41, 5.74) is 7.04. The number of hydrogen-bond donors (Lipinski definition) is 2. The Balaban J connectivity index is 0.769. The average Bonchev–Trinajstić information content (AvgIpc) is 4.09. The van der Waals surface area contributed by atoms with Crippen LogP contribution in [-0.2, 0) is 27.9 Å². The van der Waals surface area contributed by atoms with Crippen molar-refractivity contribution in [3.63, 3.8) is 0 Å². The molecule has 1 saturated carbocycles. The first-order valence-electron chi connectivity index (χ1n) is 24.0. The summed E-state index contributed by atoms with van der Waals surface area (Å²) in [6, 6.07) is 14.6. The topological polar surface area (TPSA) is 189 Å². The minimum atomic E-state index is -0.986. The van der Waals surface area contributed by atoms with E-state index in [4.69, 9.17) is 19.4 Å². The van der Waals surface area contributed by atoms with Crippen LogP contribution < -0.4 is 25.2 Å². The third-order valence-corrected chi connectivity index (χ3v) is 15.1. The molecule has 0 radical (unpaired) electrons. The molecule has 5 aromatic rings. The summed E-state index contributed by atoms with van der Waals surface area (Å²) in [6.07, 6.45) is 7.06. The van der Waals surface area contributed by atoms with Gasteiger partial charge in [0.15, 0.2) is 0 Å². The molecule has 68 heavy (non-hydrogen) atoms. The second kappa shape index (κ2) is 17.8. The molecule has 1 aliphatic carbocycles. The predicted octanol–water partition coefficient (Wildman–Crippen LogP) is 4.66. The zero-order valence-electron chi connectivity index (χ0n) is 38.8. The first kappa shape index (κ1) is 43.9. The summed E-state index contributed by atoms with van der Waals surface area (Å²) in [4.78, 5) is 83.3. The van der Waals surface area contributed by atoms with E-state index in [0.717, 1.165) is 116 Å². The Morgan fingerprint density at radius 2 is 1.59 bits per heavy atom. The van der Waals surface area contributed by atoms with Crippen molar-refractivity contribution < 1.29 is 33.4 Å². The lowest BCUT2D eigenvalue weighted by Gasteiger charge is -2.44. The number of hydrogen-bond acceptors (Lipinski definition) is 13. The van der Waals surface area contributed by atoms with Gasteiger partial charge in [-0.3, -0.25) is 49.4 Å². The van der Waals surface area contributed by atoms with Gasteiger partial charge >= 0.3 is 0 Å². The molecule has 18 nitrogen and oxygen atoms in total. The van der Waals surface area contributed by atoms with Gasteiger partial charge in [0.25, 0.3) is 17.7 Å². The molecular weight excluding hydrogens is 867 g/mol. The van der Waals surface area contributed by atoms with Crippen molar-refractivity contribution >= 4 is 57.9 Å². The summed E-state index contributed by atoms with van der Waals surface area (Å²) in [6.45, 7) is 8.95. The molecule has 6 aliphatic rings. The standard InChI is InChI=1S/C50H57N11O7/c1-29-18-33-20-41(52-29)39-23-51-56(2)49(39)68-27-32-5-4-31(19-32)25-60-43-22-35(7-9-40(43)53-50(60)55-45(33)63)59-17-16-58(36(26-59)28-67-3)24-30-12-14-57(15-13-30)34-6-8-37-38(21-34)48(66)61(47(37)65)42-10-11-44(62)54-46(42)64/h6-9,18,20-23,30-32,36,42H,4-5,10-17,19,24-28H2,1-3H3,(H,53,55,63)(H,54,62,64)/t31-,32+,36+,42?/m1/s1. The molecule has 18 heteroatoms. The lowest BCUT2D eigenvalue weighted by atomic mass is 9.94. The van der Waals surface area contributed by atoms with Crippen LogP contribution in [0.2, 0.25) is 0 Å².